The maximum atomic E-state index is 13.0. The summed E-state index contributed by atoms with van der Waals surface area (Å²) in [7, 11) is 0. The highest BCUT2D eigenvalue weighted by Crippen LogP contribution is 2.16. The third-order valence-corrected chi connectivity index (χ3v) is 3.85. The van der Waals surface area contributed by atoms with E-state index in [0.29, 0.717) is 18.5 Å². The fourth-order valence-corrected chi connectivity index (χ4v) is 2.72. The summed E-state index contributed by atoms with van der Waals surface area (Å²) in [4.78, 5) is 20.2. The second-order valence-electron chi connectivity index (χ2n) is 5.57. The molecular formula is C19H19FN4O. The number of halogens is 1. The minimum Gasteiger partial charge on any atom is -0.352 e. The highest BCUT2D eigenvalue weighted by Gasteiger charge is 2.08. The SMILES string of the molecule is CCn1c(CCNC(=O)/C=C\c2cncc(F)c2)nc2ccccc21. The van der Waals surface area contributed by atoms with Gasteiger partial charge in [-0.2, -0.15) is 0 Å². The standard InChI is InChI=1S/C19H19FN4O/c1-2-24-17-6-4-3-5-16(17)23-18(24)9-10-22-19(25)8-7-14-11-15(20)13-21-12-14/h3-8,11-13H,2,9-10H2,1H3,(H,22,25)/b8-7-. The number of carbonyl (C=O) groups is 1. The Morgan fingerprint density at radius 3 is 2.96 bits per heavy atom. The van der Waals surface area contributed by atoms with Gasteiger partial charge in [-0.05, 0) is 36.8 Å². The minimum absolute atomic E-state index is 0.233. The van der Waals surface area contributed by atoms with Gasteiger partial charge in [-0.15, -0.1) is 0 Å². The van der Waals surface area contributed by atoms with Crippen molar-refractivity contribution in [3.8, 4) is 0 Å². The molecular weight excluding hydrogens is 319 g/mol. The first-order chi connectivity index (χ1) is 12.2. The molecule has 0 saturated heterocycles. The summed E-state index contributed by atoms with van der Waals surface area (Å²) in [6.45, 7) is 3.39. The number of aryl methyl sites for hydroxylation is 1. The van der Waals surface area contributed by atoms with Crippen LogP contribution >= 0.6 is 0 Å². The van der Waals surface area contributed by atoms with Crippen molar-refractivity contribution < 1.29 is 9.18 Å². The zero-order valence-corrected chi connectivity index (χ0v) is 13.9. The maximum absolute atomic E-state index is 13.0. The van der Waals surface area contributed by atoms with Crippen molar-refractivity contribution in [2.45, 2.75) is 19.9 Å². The molecule has 1 amide bonds. The van der Waals surface area contributed by atoms with Crippen molar-refractivity contribution >= 4 is 23.0 Å². The fraction of sp³-hybridized carbons (Fsp3) is 0.211. The van der Waals surface area contributed by atoms with Crippen LogP contribution in [-0.2, 0) is 17.8 Å². The molecule has 0 unspecified atom stereocenters. The number of pyridine rings is 1. The molecule has 0 aliphatic heterocycles. The summed E-state index contributed by atoms with van der Waals surface area (Å²) >= 11 is 0. The summed E-state index contributed by atoms with van der Waals surface area (Å²) in [5.41, 5.74) is 2.61. The van der Waals surface area contributed by atoms with E-state index in [0.717, 1.165) is 29.6 Å². The van der Waals surface area contributed by atoms with Gasteiger partial charge in [-0.25, -0.2) is 9.37 Å². The Kier molecular flexibility index (Phi) is 5.18. The van der Waals surface area contributed by atoms with Crippen LogP contribution in [0.3, 0.4) is 0 Å². The van der Waals surface area contributed by atoms with Crippen molar-refractivity contribution in [1.29, 1.82) is 0 Å². The lowest BCUT2D eigenvalue weighted by Gasteiger charge is -2.06. The number of hydrogen-bond acceptors (Lipinski definition) is 3. The van der Waals surface area contributed by atoms with E-state index in [1.165, 1.54) is 24.4 Å². The van der Waals surface area contributed by atoms with Gasteiger partial charge in [0.15, 0.2) is 0 Å². The highest BCUT2D eigenvalue weighted by molar-refractivity contribution is 5.91. The highest BCUT2D eigenvalue weighted by atomic mass is 19.1. The summed E-state index contributed by atoms with van der Waals surface area (Å²) in [5, 5.41) is 2.82. The molecule has 2 aromatic heterocycles. The Morgan fingerprint density at radius 2 is 2.16 bits per heavy atom. The van der Waals surface area contributed by atoms with Crippen LogP contribution in [-0.4, -0.2) is 27.0 Å². The first kappa shape index (κ1) is 16.8. The Hall–Kier alpha value is -3.02. The molecule has 0 bridgehead atoms. The van der Waals surface area contributed by atoms with Crippen LogP contribution in [0, 0.1) is 5.82 Å². The molecule has 2 heterocycles. The van der Waals surface area contributed by atoms with Crippen LogP contribution in [0.5, 0.6) is 0 Å². The predicted molar refractivity (Wildman–Crippen MR) is 95.3 cm³/mol. The molecule has 1 aromatic carbocycles. The number of nitrogens with zero attached hydrogens (tertiary/aromatic N) is 3. The van der Waals surface area contributed by atoms with Crippen molar-refractivity contribution in [3.63, 3.8) is 0 Å². The zero-order chi connectivity index (χ0) is 17.6. The Labute approximate surface area is 145 Å². The van der Waals surface area contributed by atoms with Crippen LogP contribution < -0.4 is 5.32 Å². The maximum Gasteiger partial charge on any atom is 0.244 e. The molecule has 0 fully saturated rings. The second kappa shape index (κ2) is 7.70. The topological polar surface area (TPSA) is 59.8 Å². The number of nitrogens with one attached hydrogen (secondary N) is 1. The summed E-state index contributed by atoms with van der Waals surface area (Å²) < 4.78 is 15.2. The number of imidazole rings is 1. The van der Waals surface area contributed by atoms with Crippen molar-refractivity contribution in [1.82, 2.24) is 19.9 Å². The number of amides is 1. The van der Waals surface area contributed by atoms with E-state index in [9.17, 15) is 9.18 Å². The van der Waals surface area contributed by atoms with Crippen LogP contribution in [0.25, 0.3) is 17.1 Å². The molecule has 0 atom stereocenters. The molecule has 0 saturated carbocycles. The van der Waals surface area contributed by atoms with Crippen LogP contribution in [0.2, 0.25) is 0 Å². The smallest absolute Gasteiger partial charge is 0.244 e. The van der Waals surface area contributed by atoms with Gasteiger partial charge in [0.05, 0.1) is 17.2 Å². The molecule has 3 aromatic rings. The molecule has 0 spiro atoms. The Balaban J connectivity index is 1.58. The molecule has 6 heteroatoms. The summed E-state index contributed by atoms with van der Waals surface area (Å²) in [6.07, 6.45) is 6.17. The van der Waals surface area contributed by atoms with E-state index < -0.39 is 5.82 Å². The molecule has 0 aliphatic rings. The Morgan fingerprint density at radius 1 is 1.32 bits per heavy atom. The molecule has 0 radical (unpaired) electrons. The molecule has 5 nitrogen and oxygen atoms in total. The predicted octanol–water partition coefficient (Wildman–Crippen LogP) is 2.96. The third kappa shape index (κ3) is 4.09. The molecule has 25 heavy (non-hydrogen) atoms. The Bertz CT molecular complexity index is 917. The van der Waals surface area contributed by atoms with E-state index in [1.54, 1.807) is 0 Å². The normalized spacial score (nSPS) is 11.3. The van der Waals surface area contributed by atoms with Crippen molar-refractivity contribution in [3.05, 3.63) is 66.0 Å². The largest absolute Gasteiger partial charge is 0.352 e. The number of aromatic nitrogens is 3. The van der Waals surface area contributed by atoms with Gasteiger partial charge < -0.3 is 9.88 Å². The lowest BCUT2D eigenvalue weighted by molar-refractivity contribution is -0.116. The van der Waals surface area contributed by atoms with E-state index in [4.69, 9.17) is 0 Å². The molecule has 128 valence electrons. The van der Waals surface area contributed by atoms with Gasteiger partial charge >= 0.3 is 0 Å². The number of fused-ring (bicyclic) bond motifs is 1. The van der Waals surface area contributed by atoms with Crippen LogP contribution in [0.4, 0.5) is 4.39 Å². The number of carbonyl (C=O) groups excluding carboxylic acids is 1. The first-order valence-corrected chi connectivity index (χ1v) is 8.18. The van der Waals surface area contributed by atoms with Crippen LogP contribution in [0.1, 0.15) is 18.3 Å². The average molecular weight is 338 g/mol. The lowest BCUT2D eigenvalue weighted by Crippen LogP contribution is -2.24. The van der Waals surface area contributed by atoms with E-state index in [1.807, 2.05) is 24.3 Å². The van der Waals surface area contributed by atoms with Gasteiger partial charge in [-0.3, -0.25) is 9.78 Å². The first-order valence-electron chi connectivity index (χ1n) is 8.18. The zero-order valence-electron chi connectivity index (χ0n) is 13.9. The number of rotatable bonds is 6. The van der Waals surface area contributed by atoms with E-state index in [-0.39, 0.29) is 5.91 Å². The van der Waals surface area contributed by atoms with Gasteiger partial charge in [0.2, 0.25) is 5.91 Å². The van der Waals surface area contributed by atoms with Gasteiger partial charge in [0, 0.05) is 31.8 Å². The monoisotopic (exact) mass is 338 g/mol. The fourth-order valence-electron chi connectivity index (χ4n) is 2.72. The van der Waals surface area contributed by atoms with Crippen molar-refractivity contribution in [2.75, 3.05) is 6.54 Å². The van der Waals surface area contributed by atoms with Crippen LogP contribution in [0.15, 0.2) is 48.8 Å². The van der Waals surface area contributed by atoms with E-state index >= 15 is 0 Å². The molecule has 3 rings (SSSR count). The number of hydrogen-bond donors (Lipinski definition) is 1. The average Bonchev–Trinajstić information content (AvgIpc) is 2.97. The second-order valence-corrected chi connectivity index (χ2v) is 5.57. The van der Waals surface area contributed by atoms with Gasteiger partial charge in [0.25, 0.3) is 0 Å². The van der Waals surface area contributed by atoms with Gasteiger partial charge in [0.1, 0.15) is 11.6 Å². The molecule has 1 N–H and O–H groups in total. The third-order valence-electron chi connectivity index (χ3n) is 3.85. The summed E-state index contributed by atoms with van der Waals surface area (Å²) in [6, 6.07) is 9.31. The van der Waals surface area contributed by atoms with E-state index in [2.05, 4.69) is 26.8 Å². The molecule has 0 aliphatic carbocycles. The minimum atomic E-state index is -0.430. The van der Waals surface area contributed by atoms with Crippen molar-refractivity contribution in [2.24, 2.45) is 0 Å². The number of para-hydroxylation sites is 2. The summed E-state index contributed by atoms with van der Waals surface area (Å²) in [5.74, 6) is 0.284. The number of benzene rings is 1. The quantitative estimate of drug-likeness (QED) is 0.703. The lowest BCUT2D eigenvalue weighted by atomic mass is 10.2. The van der Waals surface area contributed by atoms with Gasteiger partial charge in [-0.1, -0.05) is 12.1 Å².